The van der Waals surface area contributed by atoms with E-state index in [0.717, 1.165) is 5.56 Å². The Hall–Kier alpha value is -0.661. The van der Waals surface area contributed by atoms with Gasteiger partial charge >= 0.3 is 0 Å². The minimum Gasteiger partial charge on any atom is -0.504 e. The van der Waals surface area contributed by atoms with Gasteiger partial charge in [-0.2, -0.15) is 0 Å². The van der Waals surface area contributed by atoms with Crippen LogP contribution in [0.3, 0.4) is 0 Å². The van der Waals surface area contributed by atoms with Crippen molar-refractivity contribution in [2.75, 3.05) is 0 Å². The number of hydrogen-bond donors (Lipinski definition) is 2. The molecule has 0 atom stereocenters. The molecule has 2 nitrogen and oxygen atoms in total. The van der Waals surface area contributed by atoms with Crippen LogP contribution in [0.1, 0.15) is 5.56 Å². The van der Waals surface area contributed by atoms with E-state index in [2.05, 4.69) is 0 Å². The number of benzene rings is 1. The number of hydrogen-bond acceptors (Lipinski definition) is 2. The molecule has 0 aliphatic rings. The maximum atomic E-state index is 8.85. The van der Waals surface area contributed by atoms with Crippen molar-refractivity contribution in [2.24, 2.45) is 0 Å². The minimum absolute atomic E-state index is 0. The molecule has 0 aromatic heterocycles. The smallest absolute Gasteiger partial charge is 0.157 e. The van der Waals surface area contributed by atoms with E-state index in [9.17, 15) is 0 Å². The Morgan fingerprint density at radius 2 is 1.70 bits per heavy atom. The van der Waals surface area contributed by atoms with Crippen LogP contribution in [0.15, 0.2) is 18.2 Å². The van der Waals surface area contributed by atoms with Crippen LogP contribution >= 0.6 is 0 Å². The molecule has 0 unspecified atom stereocenters. The number of phenolic OH excluding ortho intramolecular Hbond substituents is 2. The monoisotopic (exact) mass is 180 g/mol. The van der Waals surface area contributed by atoms with Gasteiger partial charge in [-0.15, -0.1) is 0 Å². The van der Waals surface area contributed by atoms with Crippen molar-refractivity contribution >= 4 is 0 Å². The standard InChI is InChI=1S/C7H8O2.Fe/c1-5-2-3-6(8)7(9)4-5;/h2-4,8-9H,1H3;. The Morgan fingerprint density at radius 3 is 2.10 bits per heavy atom. The summed E-state index contributed by atoms with van der Waals surface area (Å²) in [5.41, 5.74) is 0.935. The van der Waals surface area contributed by atoms with Crippen molar-refractivity contribution < 1.29 is 27.3 Å². The molecule has 0 bridgehead atoms. The Bertz CT molecular complexity index is 223. The molecule has 1 aromatic rings. The molecule has 0 spiro atoms. The van der Waals surface area contributed by atoms with Gasteiger partial charge in [0.2, 0.25) is 0 Å². The average Bonchev–Trinajstić information content (AvgIpc) is 1.80. The normalized spacial score (nSPS) is 8.50. The molecule has 0 fully saturated rings. The summed E-state index contributed by atoms with van der Waals surface area (Å²) in [6.07, 6.45) is 0. The van der Waals surface area contributed by atoms with Crippen molar-refractivity contribution in [1.29, 1.82) is 0 Å². The number of rotatable bonds is 0. The maximum absolute atomic E-state index is 8.85. The summed E-state index contributed by atoms with van der Waals surface area (Å²) in [5, 5.41) is 17.6. The summed E-state index contributed by atoms with van der Waals surface area (Å²) in [6, 6.07) is 4.70. The Balaban J connectivity index is 0.000000810. The first kappa shape index (κ1) is 9.34. The summed E-state index contributed by atoms with van der Waals surface area (Å²) < 4.78 is 0. The first-order chi connectivity index (χ1) is 4.20. The summed E-state index contributed by atoms with van der Waals surface area (Å²) >= 11 is 0. The molecule has 10 heavy (non-hydrogen) atoms. The van der Waals surface area contributed by atoms with Gasteiger partial charge in [0.15, 0.2) is 11.5 Å². The van der Waals surface area contributed by atoms with Crippen molar-refractivity contribution in [3.05, 3.63) is 23.8 Å². The fourth-order valence-corrected chi connectivity index (χ4v) is 0.633. The number of aryl methyl sites for hydroxylation is 1. The van der Waals surface area contributed by atoms with E-state index < -0.39 is 0 Å². The van der Waals surface area contributed by atoms with Gasteiger partial charge in [-0.3, -0.25) is 0 Å². The summed E-state index contributed by atoms with van der Waals surface area (Å²) in [5.74, 6) is -0.129. The topological polar surface area (TPSA) is 40.5 Å². The second-order valence-corrected chi connectivity index (χ2v) is 1.99. The van der Waals surface area contributed by atoms with Crippen LogP contribution in [0.2, 0.25) is 0 Å². The molecule has 0 radical (unpaired) electrons. The van der Waals surface area contributed by atoms with E-state index in [0.29, 0.717) is 0 Å². The molecule has 56 valence electrons. The van der Waals surface area contributed by atoms with Gasteiger partial charge in [-0.25, -0.2) is 0 Å². The van der Waals surface area contributed by atoms with E-state index in [1.165, 1.54) is 12.1 Å². The average molecular weight is 180 g/mol. The maximum Gasteiger partial charge on any atom is 0.157 e. The second kappa shape index (κ2) is 3.49. The Kier molecular flexibility index (Phi) is 3.26. The molecule has 1 aromatic carbocycles. The Labute approximate surface area is 70.0 Å². The third-order valence-electron chi connectivity index (χ3n) is 1.13. The fourth-order valence-electron chi connectivity index (χ4n) is 0.633. The van der Waals surface area contributed by atoms with E-state index in [1.807, 2.05) is 6.92 Å². The van der Waals surface area contributed by atoms with Crippen LogP contribution in [-0.4, -0.2) is 10.2 Å². The molecule has 0 saturated heterocycles. The van der Waals surface area contributed by atoms with Gasteiger partial charge in [-0.1, -0.05) is 6.07 Å². The molecule has 0 aliphatic heterocycles. The van der Waals surface area contributed by atoms with Gasteiger partial charge in [0, 0.05) is 17.1 Å². The van der Waals surface area contributed by atoms with Crippen LogP contribution in [0.5, 0.6) is 11.5 Å². The predicted molar refractivity (Wildman–Crippen MR) is 34.5 cm³/mol. The van der Waals surface area contributed by atoms with Crippen LogP contribution in [0.25, 0.3) is 0 Å². The van der Waals surface area contributed by atoms with E-state index in [4.69, 9.17) is 10.2 Å². The zero-order valence-corrected chi connectivity index (χ0v) is 6.58. The molecule has 0 aliphatic carbocycles. The van der Waals surface area contributed by atoms with Crippen LogP contribution < -0.4 is 0 Å². The van der Waals surface area contributed by atoms with Gasteiger partial charge in [0.05, 0.1) is 0 Å². The molecule has 1 rings (SSSR count). The van der Waals surface area contributed by atoms with E-state index >= 15 is 0 Å². The number of phenols is 2. The quantitative estimate of drug-likeness (QED) is 0.468. The Morgan fingerprint density at radius 1 is 1.10 bits per heavy atom. The molecule has 0 heterocycles. The molecule has 0 amide bonds. The van der Waals surface area contributed by atoms with Crippen molar-refractivity contribution in [1.82, 2.24) is 0 Å². The van der Waals surface area contributed by atoms with Gasteiger partial charge in [-0.05, 0) is 24.6 Å². The summed E-state index contributed by atoms with van der Waals surface area (Å²) in [4.78, 5) is 0. The van der Waals surface area contributed by atoms with Crippen LogP contribution in [0.4, 0.5) is 0 Å². The summed E-state index contributed by atoms with van der Waals surface area (Å²) in [7, 11) is 0. The molecular weight excluding hydrogens is 172 g/mol. The summed E-state index contributed by atoms with van der Waals surface area (Å²) in [6.45, 7) is 1.85. The van der Waals surface area contributed by atoms with Crippen molar-refractivity contribution in [3.63, 3.8) is 0 Å². The predicted octanol–water partition coefficient (Wildman–Crippen LogP) is 1.40. The van der Waals surface area contributed by atoms with Gasteiger partial charge in [0.1, 0.15) is 0 Å². The van der Waals surface area contributed by atoms with E-state index in [-0.39, 0.29) is 28.6 Å². The molecule has 0 saturated carbocycles. The second-order valence-electron chi connectivity index (χ2n) is 1.99. The molecular formula is C7H8FeO2. The number of aromatic hydroxyl groups is 2. The zero-order valence-electron chi connectivity index (χ0n) is 5.48. The van der Waals surface area contributed by atoms with Gasteiger partial charge < -0.3 is 10.2 Å². The minimum atomic E-state index is -0.0689. The van der Waals surface area contributed by atoms with Gasteiger partial charge in [0.25, 0.3) is 0 Å². The third kappa shape index (κ3) is 1.94. The van der Waals surface area contributed by atoms with Crippen LogP contribution in [-0.2, 0) is 17.1 Å². The third-order valence-corrected chi connectivity index (χ3v) is 1.13. The first-order valence-corrected chi connectivity index (χ1v) is 2.69. The fraction of sp³-hybridized carbons (Fsp3) is 0.143. The molecule has 3 heteroatoms. The van der Waals surface area contributed by atoms with Crippen molar-refractivity contribution in [3.8, 4) is 11.5 Å². The molecule has 2 N–H and O–H groups in total. The van der Waals surface area contributed by atoms with Crippen LogP contribution in [0, 0.1) is 6.92 Å². The first-order valence-electron chi connectivity index (χ1n) is 2.69. The van der Waals surface area contributed by atoms with Crippen molar-refractivity contribution in [2.45, 2.75) is 6.92 Å². The largest absolute Gasteiger partial charge is 0.504 e. The zero-order chi connectivity index (χ0) is 6.85. The van der Waals surface area contributed by atoms with E-state index in [1.54, 1.807) is 6.07 Å². The SMILES string of the molecule is Cc1ccc(O)c(O)c1.[Fe].